The lowest BCUT2D eigenvalue weighted by Gasteiger charge is -2.03. The summed E-state index contributed by atoms with van der Waals surface area (Å²) < 4.78 is 7.13. The Kier molecular flexibility index (Phi) is 2.50. The van der Waals surface area contributed by atoms with Gasteiger partial charge < -0.3 is 4.74 Å². The van der Waals surface area contributed by atoms with Crippen LogP contribution in [0.25, 0.3) is 5.65 Å². The minimum atomic E-state index is 0.0662. The SMILES string of the molecule is Clc1cc(Cl)n2nc(C3CCCO3)cc2n1. The second-order valence-electron chi connectivity index (χ2n) is 3.74. The summed E-state index contributed by atoms with van der Waals surface area (Å²) in [6.07, 6.45) is 2.13. The third-order valence-corrected chi connectivity index (χ3v) is 3.09. The molecule has 1 unspecified atom stereocenters. The average Bonchev–Trinajstić information content (AvgIpc) is 2.82. The van der Waals surface area contributed by atoms with Gasteiger partial charge in [-0.1, -0.05) is 23.2 Å². The lowest BCUT2D eigenvalue weighted by Crippen LogP contribution is -1.97. The van der Waals surface area contributed by atoms with E-state index in [4.69, 9.17) is 27.9 Å². The van der Waals surface area contributed by atoms with Crippen molar-refractivity contribution in [2.45, 2.75) is 18.9 Å². The fourth-order valence-corrected chi connectivity index (χ4v) is 2.37. The van der Waals surface area contributed by atoms with E-state index < -0.39 is 0 Å². The van der Waals surface area contributed by atoms with Crippen molar-refractivity contribution in [1.29, 1.82) is 0 Å². The molecule has 1 aliphatic heterocycles. The van der Waals surface area contributed by atoms with Crippen LogP contribution in [0.1, 0.15) is 24.6 Å². The Morgan fingerprint density at radius 2 is 2.25 bits per heavy atom. The van der Waals surface area contributed by atoms with Crippen LogP contribution in [0.3, 0.4) is 0 Å². The smallest absolute Gasteiger partial charge is 0.158 e. The summed E-state index contributed by atoms with van der Waals surface area (Å²) in [5.41, 5.74) is 1.53. The molecule has 0 aromatic carbocycles. The van der Waals surface area contributed by atoms with Gasteiger partial charge in [0.25, 0.3) is 0 Å². The summed E-state index contributed by atoms with van der Waals surface area (Å²) >= 11 is 11.8. The maximum absolute atomic E-state index is 6.02. The van der Waals surface area contributed by atoms with Gasteiger partial charge >= 0.3 is 0 Å². The van der Waals surface area contributed by atoms with Crippen molar-refractivity contribution >= 4 is 28.8 Å². The van der Waals surface area contributed by atoms with E-state index in [1.807, 2.05) is 6.07 Å². The van der Waals surface area contributed by atoms with Crippen molar-refractivity contribution in [3.8, 4) is 0 Å². The normalized spacial score (nSPS) is 20.8. The van der Waals surface area contributed by atoms with Crippen LogP contribution in [0.4, 0.5) is 0 Å². The second-order valence-corrected chi connectivity index (χ2v) is 4.52. The Labute approximate surface area is 102 Å². The third-order valence-electron chi connectivity index (χ3n) is 2.63. The number of rotatable bonds is 1. The van der Waals surface area contributed by atoms with Gasteiger partial charge in [0.05, 0.1) is 5.69 Å². The molecular formula is C10H9Cl2N3O. The molecule has 1 aliphatic rings. The van der Waals surface area contributed by atoms with Gasteiger partial charge in [-0.05, 0) is 12.8 Å². The number of hydrogen-bond acceptors (Lipinski definition) is 3. The van der Waals surface area contributed by atoms with E-state index in [0.29, 0.717) is 16.0 Å². The summed E-state index contributed by atoms with van der Waals surface area (Å²) in [5.74, 6) is 0. The lowest BCUT2D eigenvalue weighted by molar-refractivity contribution is 0.108. The summed E-state index contributed by atoms with van der Waals surface area (Å²) in [7, 11) is 0. The standard InChI is InChI=1S/C10H9Cl2N3O/c11-8-5-9(12)15-10(13-8)4-6(14-15)7-2-1-3-16-7/h4-5,7H,1-3H2. The molecule has 1 atom stereocenters. The highest BCUT2D eigenvalue weighted by Gasteiger charge is 2.21. The van der Waals surface area contributed by atoms with E-state index in [1.165, 1.54) is 0 Å². The average molecular weight is 258 g/mol. The van der Waals surface area contributed by atoms with Gasteiger partial charge in [-0.2, -0.15) is 5.10 Å². The van der Waals surface area contributed by atoms with Gasteiger partial charge in [0.2, 0.25) is 0 Å². The van der Waals surface area contributed by atoms with E-state index in [2.05, 4.69) is 10.1 Å². The summed E-state index contributed by atoms with van der Waals surface area (Å²) in [4.78, 5) is 4.15. The van der Waals surface area contributed by atoms with Gasteiger partial charge in [-0.15, -0.1) is 0 Å². The predicted octanol–water partition coefficient (Wildman–Crippen LogP) is 2.89. The largest absolute Gasteiger partial charge is 0.372 e. The molecule has 0 radical (unpaired) electrons. The Morgan fingerprint density at radius 1 is 1.38 bits per heavy atom. The van der Waals surface area contributed by atoms with Crippen LogP contribution in [0, 0.1) is 0 Å². The van der Waals surface area contributed by atoms with Gasteiger partial charge in [0.15, 0.2) is 5.65 Å². The zero-order valence-corrected chi connectivity index (χ0v) is 9.87. The molecule has 3 heterocycles. The van der Waals surface area contributed by atoms with E-state index in [0.717, 1.165) is 25.1 Å². The molecule has 0 N–H and O–H groups in total. The molecule has 2 aromatic rings. The van der Waals surface area contributed by atoms with Gasteiger partial charge in [0.1, 0.15) is 16.4 Å². The van der Waals surface area contributed by atoms with Crippen LogP contribution < -0.4 is 0 Å². The van der Waals surface area contributed by atoms with Crippen molar-refractivity contribution in [2.75, 3.05) is 6.61 Å². The molecule has 4 nitrogen and oxygen atoms in total. The Bertz CT molecular complexity index is 534. The van der Waals surface area contributed by atoms with E-state index in [1.54, 1.807) is 10.6 Å². The zero-order valence-electron chi connectivity index (χ0n) is 8.36. The highest BCUT2D eigenvalue weighted by Crippen LogP contribution is 2.29. The van der Waals surface area contributed by atoms with Crippen molar-refractivity contribution in [2.24, 2.45) is 0 Å². The highest BCUT2D eigenvalue weighted by molar-refractivity contribution is 6.33. The van der Waals surface area contributed by atoms with E-state index in [-0.39, 0.29) is 6.10 Å². The van der Waals surface area contributed by atoms with Gasteiger partial charge in [0, 0.05) is 18.7 Å². The molecule has 2 aromatic heterocycles. The Morgan fingerprint density at radius 3 is 3.00 bits per heavy atom. The number of aromatic nitrogens is 3. The molecule has 3 rings (SSSR count). The second kappa shape index (κ2) is 3.87. The molecule has 1 fully saturated rings. The number of ether oxygens (including phenoxy) is 1. The zero-order chi connectivity index (χ0) is 11.1. The fourth-order valence-electron chi connectivity index (χ4n) is 1.90. The Hall–Kier alpha value is -0.840. The first-order valence-electron chi connectivity index (χ1n) is 5.07. The van der Waals surface area contributed by atoms with E-state index >= 15 is 0 Å². The summed E-state index contributed by atoms with van der Waals surface area (Å²) in [6, 6.07) is 3.44. The fraction of sp³-hybridized carbons (Fsp3) is 0.400. The lowest BCUT2D eigenvalue weighted by atomic mass is 10.2. The van der Waals surface area contributed by atoms with Crippen LogP contribution in [0.15, 0.2) is 12.1 Å². The maximum Gasteiger partial charge on any atom is 0.158 e. The minimum Gasteiger partial charge on any atom is -0.372 e. The topological polar surface area (TPSA) is 39.4 Å². The first kappa shape index (κ1) is 10.3. The molecule has 6 heteroatoms. The number of fused-ring (bicyclic) bond motifs is 1. The first-order valence-corrected chi connectivity index (χ1v) is 5.83. The van der Waals surface area contributed by atoms with Crippen LogP contribution in [-0.4, -0.2) is 21.2 Å². The first-order chi connectivity index (χ1) is 7.74. The minimum absolute atomic E-state index is 0.0662. The van der Waals surface area contributed by atoms with Gasteiger partial charge in [-0.3, -0.25) is 0 Å². The number of nitrogens with zero attached hydrogens (tertiary/aromatic N) is 3. The number of halogens is 2. The van der Waals surface area contributed by atoms with Crippen molar-refractivity contribution in [1.82, 2.24) is 14.6 Å². The number of hydrogen-bond donors (Lipinski definition) is 0. The van der Waals surface area contributed by atoms with Crippen molar-refractivity contribution in [3.05, 3.63) is 28.1 Å². The van der Waals surface area contributed by atoms with Crippen LogP contribution >= 0.6 is 23.2 Å². The third kappa shape index (κ3) is 1.67. The highest BCUT2D eigenvalue weighted by atomic mass is 35.5. The summed E-state index contributed by atoms with van der Waals surface area (Å²) in [6.45, 7) is 0.792. The molecule has 16 heavy (non-hydrogen) atoms. The van der Waals surface area contributed by atoms with Crippen molar-refractivity contribution in [3.63, 3.8) is 0 Å². The van der Waals surface area contributed by atoms with Crippen LogP contribution in [0.2, 0.25) is 10.3 Å². The Balaban J connectivity index is 2.11. The molecule has 0 bridgehead atoms. The van der Waals surface area contributed by atoms with Crippen LogP contribution in [-0.2, 0) is 4.74 Å². The summed E-state index contributed by atoms with van der Waals surface area (Å²) in [5, 5.41) is 5.20. The predicted molar refractivity (Wildman–Crippen MR) is 60.9 cm³/mol. The van der Waals surface area contributed by atoms with Crippen molar-refractivity contribution < 1.29 is 4.74 Å². The van der Waals surface area contributed by atoms with Crippen LogP contribution in [0.5, 0.6) is 0 Å². The molecule has 84 valence electrons. The molecule has 0 amide bonds. The monoisotopic (exact) mass is 257 g/mol. The maximum atomic E-state index is 6.02. The van der Waals surface area contributed by atoms with E-state index in [9.17, 15) is 0 Å². The molecule has 1 saturated heterocycles. The van der Waals surface area contributed by atoms with Gasteiger partial charge in [-0.25, -0.2) is 9.50 Å². The molecular weight excluding hydrogens is 249 g/mol. The molecule has 0 aliphatic carbocycles. The quantitative estimate of drug-likeness (QED) is 0.738. The molecule has 0 spiro atoms. The molecule has 0 saturated carbocycles.